The summed E-state index contributed by atoms with van der Waals surface area (Å²) in [5.41, 5.74) is -0.257. The molecule has 35 heavy (non-hydrogen) atoms. The molecule has 12 heteroatoms. The van der Waals surface area contributed by atoms with E-state index in [-0.39, 0.29) is 28.5 Å². The van der Waals surface area contributed by atoms with Crippen LogP contribution in [0.3, 0.4) is 0 Å². The zero-order valence-corrected chi connectivity index (χ0v) is 18.6. The summed E-state index contributed by atoms with van der Waals surface area (Å²) < 4.78 is 0. The molecular weight excluding hydrogens is 478 g/mol. The van der Waals surface area contributed by atoms with Crippen molar-refractivity contribution in [3.63, 3.8) is 0 Å². The quantitative estimate of drug-likeness (QED) is 0.194. The summed E-state index contributed by atoms with van der Waals surface area (Å²) in [7, 11) is 0. The number of carbonyl (C=O) groups excluding carboxylic acids is 2. The summed E-state index contributed by atoms with van der Waals surface area (Å²) in [6.45, 7) is 0. The molecule has 2 amide bonds. The molecule has 4 N–H and O–H groups in total. The second-order valence-electron chi connectivity index (χ2n) is 6.99. The molecule has 3 rings (SSSR count). The number of thioether (sulfide) groups is 1. The fourth-order valence-corrected chi connectivity index (χ4v) is 3.68. The minimum Gasteiger partial charge on any atom is -0.478 e. The number of rotatable bonds is 9. The van der Waals surface area contributed by atoms with Crippen LogP contribution in [0.1, 0.15) is 31.1 Å². The molecule has 0 radical (unpaired) electrons. The maximum Gasteiger partial charge on any atom is 0.336 e. The number of hydrogen-bond acceptors (Lipinski definition) is 7. The first kappa shape index (κ1) is 24.9. The lowest BCUT2D eigenvalue weighted by Crippen LogP contribution is -2.17. The number of nitro benzene ring substituents is 1. The highest BCUT2D eigenvalue weighted by atomic mass is 32.2. The predicted molar refractivity (Wildman–Crippen MR) is 127 cm³/mol. The summed E-state index contributed by atoms with van der Waals surface area (Å²) in [6, 6.07) is 15.1. The summed E-state index contributed by atoms with van der Waals surface area (Å²) in [5.74, 6) is -3.82. The Morgan fingerprint density at radius 3 is 2.17 bits per heavy atom. The van der Waals surface area contributed by atoms with E-state index in [2.05, 4.69) is 10.6 Å². The van der Waals surface area contributed by atoms with E-state index in [0.29, 0.717) is 16.3 Å². The van der Waals surface area contributed by atoms with Gasteiger partial charge >= 0.3 is 11.9 Å². The zero-order valence-electron chi connectivity index (χ0n) is 17.8. The molecular formula is C23H17N3O8S. The van der Waals surface area contributed by atoms with Crippen LogP contribution in [0.15, 0.2) is 71.6 Å². The van der Waals surface area contributed by atoms with Crippen molar-refractivity contribution in [1.29, 1.82) is 0 Å². The summed E-state index contributed by atoms with van der Waals surface area (Å²) in [4.78, 5) is 58.2. The van der Waals surface area contributed by atoms with Crippen molar-refractivity contribution >= 4 is 52.6 Å². The number of nitrogens with one attached hydrogen (secondary N) is 2. The molecule has 178 valence electrons. The van der Waals surface area contributed by atoms with Gasteiger partial charge in [0.15, 0.2) is 0 Å². The number of benzene rings is 3. The molecule has 11 nitrogen and oxygen atoms in total. The van der Waals surface area contributed by atoms with E-state index < -0.39 is 28.3 Å². The van der Waals surface area contributed by atoms with Gasteiger partial charge in [-0.05, 0) is 48.5 Å². The maximum atomic E-state index is 12.6. The highest BCUT2D eigenvalue weighted by Gasteiger charge is 2.19. The number of nitrogens with zero attached hydrogens (tertiary/aromatic N) is 1. The first-order chi connectivity index (χ1) is 16.6. The summed E-state index contributed by atoms with van der Waals surface area (Å²) in [5, 5.41) is 34.3. The average molecular weight is 495 g/mol. The van der Waals surface area contributed by atoms with Crippen LogP contribution >= 0.6 is 11.8 Å². The standard InChI is InChI=1S/C23H17N3O8S/c27-20(24-14-5-7-16(8-6-14)26(33)34)12-35-17-3-1-2-15(11-17)25-21(28)18-9-4-13(22(29)30)10-19(18)23(31)32/h1-11H,12H2,(H,24,27)(H,25,28)(H,29,30)(H,31,32). The van der Waals surface area contributed by atoms with E-state index >= 15 is 0 Å². The maximum absolute atomic E-state index is 12.6. The lowest BCUT2D eigenvalue weighted by Gasteiger charge is -2.10. The van der Waals surface area contributed by atoms with E-state index in [9.17, 15) is 34.4 Å². The fraction of sp³-hybridized carbons (Fsp3) is 0.0435. The first-order valence-electron chi connectivity index (χ1n) is 9.83. The predicted octanol–water partition coefficient (Wildman–Crippen LogP) is 3.97. The van der Waals surface area contributed by atoms with E-state index in [1.807, 2.05) is 0 Å². The number of hydrogen-bond donors (Lipinski definition) is 4. The molecule has 0 saturated carbocycles. The van der Waals surface area contributed by atoms with Crippen LogP contribution in [0, 0.1) is 10.1 Å². The van der Waals surface area contributed by atoms with Gasteiger partial charge in [-0.2, -0.15) is 0 Å². The lowest BCUT2D eigenvalue weighted by atomic mass is 10.0. The van der Waals surface area contributed by atoms with Crippen molar-refractivity contribution in [2.75, 3.05) is 16.4 Å². The minimum absolute atomic E-state index is 0.0220. The van der Waals surface area contributed by atoms with Crippen LogP contribution in [0.5, 0.6) is 0 Å². The van der Waals surface area contributed by atoms with Crippen LogP contribution in [0.4, 0.5) is 17.1 Å². The smallest absolute Gasteiger partial charge is 0.336 e. The number of carboxylic acids is 2. The third-order valence-electron chi connectivity index (χ3n) is 4.57. The fourth-order valence-electron chi connectivity index (χ4n) is 2.93. The Labute approximate surface area is 201 Å². The molecule has 0 bridgehead atoms. The van der Waals surface area contributed by atoms with Gasteiger partial charge in [-0.1, -0.05) is 6.07 Å². The van der Waals surface area contributed by atoms with Gasteiger partial charge in [-0.25, -0.2) is 9.59 Å². The van der Waals surface area contributed by atoms with Gasteiger partial charge in [0.25, 0.3) is 11.6 Å². The van der Waals surface area contributed by atoms with Crippen molar-refractivity contribution in [1.82, 2.24) is 0 Å². The Hall–Kier alpha value is -4.71. The summed E-state index contributed by atoms with van der Waals surface area (Å²) >= 11 is 1.18. The highest BCUT2D eigenvalue weighted by Crippen LogP contribution is 2.23. The Kier molecular flexibility index (Phi) is 7.79. The SMILES string of the molecule is O=C(CSc1cccc(NC(=O)c2ccc(C(=O)O)cc2C(=O)O)c1)Nc1ccc([N+](=O)[O-])cc1. The zero-order chi connectivity index (χ0) is 25.5. The van der Waals surface area contributed by atoms with Crippen molar-refractivity contribution in [3.05, 3.63) is 93.5 Å². The van der Waals surface area contributed by atoms with Crippen LogP contribution < -0.4 is 10.6 Å². The Morgan fingerprint density at radius 2 is 1.54 bits per heavy atom. The van der Waals surface area contributed by atoms with Gasteiger partial charge in [-0.15, -0.1) is 11.8 Å². The molecule has 0 atom stereocenters. The largest absolute Gasteiger partial charge is 0.478 e. The molecule has 3 aromatic rings. The normalized spacial score (nSPS) is 10.3. The van der Waals surface area contributed by atoms with E-state index in [4.69, 9.17) is 5.11 Å². The Morgan fingerprint density at radius 1 is 0.829 bits per heavy atom. The van der Waals surface area contributed by atoms with Crippen molar-refractivity contribution in [2.45, 2.75) is 4.90 Å². The molecule has 0 aliphatic rings. The van der Waals surface area contributed by atoms with Crippen LogP contribution in [-0.4, -0.2) is 44.6 Å². The Balaban J connectivity index is 1.63. The summed E-state index contributed by atoms with van der Waals surface area (Å²) in [6.07, 6.45) is 0. The molecule has 0 fully saturated rings. The lowest BCUT2D eigenvalue weighted by molar-refractivity contribution is -0.384. The number of aromatic carboxylic acids is 2. The number of amides is 2. The highest BCUT2D eigenvalue weighted by molar-refractivity contribution is 8.00. The Bertz CT molecular complexity index is 1320. The van der Waals surface area contributed by atoms with Crippen molar-refractivity contribution in [2.24, 2.45) is 0 Å². The number of carbonyl (C=O) groups is 4. The van der Waals surface area contributed by atoms with Crippen molar-refractivity contribution in [3.8, 4) is 0 Å². The van der Waals surface area contributed by atoms with Gasteiger partial charge in [0.2, 0.25) is 5.91 Å². The van der Waals surface area contributed by atoms with Crippen LogP contribution in [-0.2, 0) is 4.79 Å². The number of anilines is 2. The van der Waals surface area contributed by atoms with Gasteiger partial charge in [0.05, 0.1) is 27.4 Å². The van der Waals surface area contributed by atoms with E-state index in [1.54, 1.807) is 24.3 Å². The van der Waals surface area contributed by atoms with Gasteiger partial charge in [0, 0.05) is 28.4 Å². The number of nitro groups is 1. The van der Waals surface area contributed by atoms with Crippen LogP contribution in [0.25, 0.3) is 0 Å². The second kappa shape index (κ2) is 10.9. The van der Waals surface area contributed by atoms with Crippen molar-refractivity contribution < 1.29 is 34.3 Å². The molecule has 0 unspecified atom stereocenters. The molecule has 0 heterocycles. The number of non-ortho nitro benzene ring substituents is 1. The van der Waals surface area contributed by atoms with Gasteiger partial charge in [-0.3, -0.25) is 19.7 Å². The molecule has 0 aliphatic carbocycles. The van der Waals surface area contributed by atoms with Gasteiger partial charge in [0.1, 0.15) is 0 Å². The van der Waals surface area contributed by atoms with Crippen LogP contribution in [0.2, 0.25) is 0 Å². The third kappa shape index (κ3) is 6.65. The molecule has 0 aromatic heterocycles. The monoisotopic (exact) mass is 495 g/mol. The molecule has 3 aromatic carbocycles. The second-order valence-corrected chi connectivity index (χ2v) is 8.04. The molecule has 0 saturated heterocycles. The molecule has 0 aliphatic heterocycles. The molecule has 0 spiro atoms. The van der Waals surface area contributed by atoms with Gasteiger partial charge < -0.3 is 20.8 Å². The van der Waals surface area contributed by atoms with E-state index in [0.717, 1.165) is 18.2 Å². The average Bonchev–Trinajstić information content (AvgIpc) is 2.82. The topological polar surface area (TPSA) is 176 Å². The first-order valence-corrected chi connectivity index (χ1v) is 10.8. The van der Waals surface area contributed by atoms with E-state index in [1.165, 1.54) is 36.0 Å². The number of carboxylic acid groups (broad SMARTS) is 2. The minimum atomic E-state index is -1.44. The third-order valence-corrected chi connectivity index (χ3v) is 5.56.